The first-order chi connectivity index (χ1) is 10.6. The summed E-state index contributed by atoms with van der Waals surface area (Å²) in [5.41, 5.74) is 0.407. The molecule has 0 unspecified atom stereocenters. The van der Waals surface area contributed by atoms with E-state index in [2.05, 4.69) is 15.6 Å². The molecule has 1 fully saturated rings. The van der Waals surface area contributed by atoms with Gasteiger partial charge in [-0.3, -0.25) is 14.9 Å². The van der Waals surface area contributed by atoms with Crippen molar-refractivity contribution in [1.29, 1.82) is 0 Å². The van der Waals surface area contributed by atoms with E-state index in [-0.39, 0.29) is 35.9 Å². The molecule has 1 aromatic carbocycles. The molecule has 1 aliphatic rings. The molecule has 2 aromatic rings. The summed E-state index contributed by atoms with van der Waals surface area (Å²) in [5.74, 6) is -1.02. The molecular formula is C15H14FN3O3. The van der Waals surface area contributed by atoms with Gasteiger partial charge in [-0.05, 0) is 18.9 Å². The molecule has 0 bridgehead atoms. The van der Waals surface area contributed by atoms with E-state index in [1.807, 2.05) is 0 Å². The van der Waals surface area contributed by atoms with Crippen LogP contribution in [0.5, 0.6) is 0 Å². The van der Waals surface area contributed by atoms with Gasteiger partial charge in [0.1, 0.15) is 12.1 Å². The summed E-state index contributed by atoms with van der Waals surface area (Å²) in [6, 6.07) is 6.16. The second-order valence-corrected chi connectivity index (χ2v) is 5.08. The van der Waals surface area contributed by atoms with Crippen molar-refractivity contribution in [2.45, 2.75) is 19.4 Å². The first-order valence-corrected chi connectivity index (χ1v) is 6.91. The fraction of sp³-hybridized carbons (Fsp3) is 0.267. The van der Waals surface area contributed by atoms with Gasteiger partial charge in [0.2, 0.25) is 5.91 Å². The number of amides is 2. The zero-order valence-electron chi connectivity index (χ0n) is 11.6. The Labute approximate surface area is 125 Å². The third kappa shape index (κ3) is 3.30. The summed E-state index contributed by atoms with van der Waals surface area (Å²) in [5, 5.41) is 5.05. The number of carbonyl (C=O) groups is 2. The minimum Gasteiger partial charge on any atom is -0.431 e. The molecule has 1 heterocycles. The number of nitrogens with one attached hydrogen (secondary N) is 2. The zero-order valence-corrected chi connectivity index (χ0v) is 11.6. The molecule has 0 saturated heterocycles. The normalized spacial score (nSPS) is 13.7. The largest absolute Gasteiger partial charge is 0.431 e. The monoisotopic (exact) mass is 303 g/mol. The second kappa shape index (κ2) is 5.97. The smallest absolute Gasteiger partial charge is 0.302 e. The van der Waals surface area contributed by atoms with E-state index in [0.29, 0.717) is 5.56 Å². The quantitative estimate of drug-likeness (QED) is 0.886. The molecular weight excluding hydrogens is 289 g/mol. The first kappa shape index (κ1) is 14.2. The number of hydrogen-bond acceptors (Lipinski definition) is 4. The SMILES string of the molecule is O=C(NCc1ccccc1F)c1coc(NC(=O)C2CC2)n1. The van der Waals surface area contributed by atoms with Crippen LogP contribution in [0.1, 0.15) is 28.9 Å². The lowest BCUT2D eigenvalue weighted by atomic mass is 10.2. The number of aromatic nitrogens is 1. The standard InChI is InChI=1S/C15H14FN3O3/c16-11-4-2-1-3-10(11)7-17-14(21)12-8-22-15(18-12)19-13(20)9-5-6-9/h1-4,8-9H,5-7H2,(H,17,21)(H,18,19,20). The minimum atomic E-state index is -0.501. The zero-order chi connectivity index (χ0) is 15.5. The number of hydrogen-bond donors (Lipinski definition) is 2. The molecule has 0 spiro atoms. The van der Waals surface area contributed by atoms with Crippen molar-refractivity contribution in [2.24, 2.45) is 5.92 Å². The molecule has 1 aliphatic carbocycles. The predicted molar refractivity (Wildman–Crippen MR) is 75.4 cm³/mol. The fourth-order valence-electron chi connectivity index (χ4n) is 1.90. The summed E-state index contributed by atoms with van der Waals surface area (Å²) in [6.07, 6.45) is 2.88. The number of carbonyl (C=O) groups excluding carboxylic acids is 2. The molecule has 22 heavy (non-hydrogen) atoms. The molecule has 2 N–H and O–H groups in total. The molecule has 0 aliphatic heterocycles. The summed E-state index contributed by atoms with van der Waals surface area (Å²) >= 11 is 0. The van der Waals surface area contributed by atoms with Gasteiger partial charge >= 0.3 is 6.01 Å². The van der Waals surface area contributed by atoms with Crippen LogP contribution < -0.4 is 10.6 Å². The Kier molecular flexibility index (Phi) is 3.86. The van der Waals surface area contributed by atoms with Crippen molar-refractivity contribution in [3.8, 4) is 0 Å². The first-order valence-electron chi connectivity index (χ1n) is 6.91. The fourth-order valence-corrected chi connectivity index (χ4v) is 1.90. The van der Waals surface area contributed by atoms with Crippen LogP contribution in [0.25, 0.3) is 0 Å². The predicted octanol–water partition coefficient (Wildman–Crippen LogP) is 2.09. The van der Waals surface area contributed by atoms with Crippen molar-refractivity contribution in [2.75, 3.05) is 5.32 Å². The summed E-state index contributed by atoms with van der Waals surface area (Å²) in [4.78, 5) is 27.3. The molecule has 114 valence electrons. The lowest BCUT2D eigenvalue weighted by molar-refractivity contribution is -0.117. The molecule has 0 atom stereocenters. The second-order valence-electron chi connectivity index (χ2n) is 5.08. The molecule has 1 saturated carbocycles. The average molecular weight is 303 g/mol. The van der Waals surface area contributed by atoms with Crippen molar-refractivity contribution in [3.63, 3.8) is 0 Å². The average Bonchev–Trinajstić information content (AvgIpc) is 3.26. The molecule has 3 rings (SSSR count). The van der Waals surface area contributed by atoms with E-state index < -0.39 is 5.91 Å². The van der Waals surface area contributed by atoms with Crippen LogP contribution in [-0.2, 0) is 11.3 Å². The Hall–Kier alpha value is -2.70. The van der Waals surface area contributed by atoms with E-state index in [0.717, 1.165) is 19.1 Å². The van der Waals surface area contributed by atoms with Crippen LogP contribution in [-0.4, -0.2) is 16.8 Å². The van der Waals surface area contributed by atoms with E-state index in [4.69, 9.17) is 4.42 Å². The van der Waals surface area contributed by atoms with Crippen LogP contribution in [0.2, 0.25) is 0 Å². The van der Waals surface area contributed by atoms with Crippen LogP contribution in [0.4, 0.5) is 10.4 Å². The van der Waals surface area contributed by atoms with Gasteiger partial charge in [-0.2, -0.15) is 4.98 Å². The molecule has 0 radical (unpaired) electrons. The maximum Gasteiger partial charge on any atom is 0.302 e. The Balaban J connectivity index is 1.57. The van der Waals surface area contributed by atoms with Gasteiger partial charge in [0.15, 0.2) is 5.69 Å². The molecule has 2 amide bonds. The number of anilines is 1. The highest BCUT2D eigenvalue weighted by Gasteiger charge is 2.30. The summed E-state index contributed by atoms with van der Waals surface area (Å²) < 4.78 is 18.5. The van der Waals surface area contributed by atoms with Gasteiger partial charge < -0.3 is 9.73 Å². The van der Waals surface area contributed by atoms with E-state index >= 15 is 0 Å². The van der Waals surface area contributed by atoms with Crippen molar-refractivity contribution in [1.82, 2.24) is 10.3 Å². The highest BCUT2D eigenvalue weighted by molar-refractivity contribution is 5.94. The van der Waals surface area contributed by atoms with Gasteiger partial charge in [-0.25, -0.2) is 4.39 Å². The van der Waals surface area contributed by atoms with Crippen molar-refractivity contribution >= 4 is 17.8 Å². The number of benzene rings is 1. The Morgan fingerprint density at radius 1 is 1.32 bits per heavy atom. The van der Waals surface area contributed by atoms with Crippen molar-refractivity contribution in [3.05, 3.63) is 47.6 Å². The third-order valence-electron chi connectivity index (χ3n) is 3.31. The summed E-state index contributed by atoms with van der Waals surface area (Å²) in [7, 11) is 0. The number of rotatable bonds is 5. The lowest BCUT2D eigenvalue weighted by Crippen LogP contribution is -2.23. The van der Waals surface area contributed by atoms with Gasteiger partial charge in [0, 0.05) is 18.0 Å². The van der Waals surface area contributed by atoms with Gasteiger partial charge in [-0.1, -0.05) is 18.2 Å². The summed E-state index contributed by atoms with van der Waals surface area (Å²) in [6.45, 7) is 0.0438. The van der Waals surface area contributed by atoms with E-state index in [1.54, 1.807) is 18.2 Å². The van der Waals surface area contributed by atoms with Gasteiger partial charge in [0.05, 0.1) is 0 Å². The Bertz CT molecular complexity index is 710. The number of nitrogens with zero attached hydrogens (tertiary/aromatic N) is 1. The topological polar surface area (TPSA) is 84.2 Å². The highest BCUT2D eigenvalue weighted by Crippen LogP contribution is 2.30. The Morgan fingerprint density at radius 3 is 2.82 bits per heavy atom. The van der Waals surface area contributed by atoms with Gasteiger partial charge in [0.25, 0.3) is 5.91 Å². The van der Waals surface area contributed by atoms with E-state index in [9.17, 15) is 14.0 Å². The molecule has 6 nitrogen and oxygen atoms in total. The van der Waals surface area contributed by atoms with Gasteiger partial charge in [-0.15, -0.1) is 0 Å². The number of oxazole rings is 1. The van der Waals surface area contributed by atoms with E-state index in [1.165, 1.54) is 6.07 Å². The molecule has 7 heteroatoms. The van der Waals surface area contributed by atoms with Crippen LogP contribution >= 0.6 is 0 Å². The number of halogens is 1. The maximum absolute atomic E-state index is 13.4. The highest BCUT2D eigenvalue weighted by atomic mass is 19.1. The van der Waals surface area contributed by atoms with Crippen molar-refractivity contribution < 1.29 is 18.4 Å². The Morgan fingerprint density at radius 2 is 2.09 bits per heavy atom. The lowest BCUT2D eigenvalue weighted by Gasteiger charge is -2.04. The van der Waals surface area contributed by atoms with Crippen LogP contribution in [0, 0.1) is 11.7 Å². The van der Waals surface area contributed by atoms with Crippen LogP contribution in [0.3, 0.4) is 0 Å². The van der Waals surface area contributed by atoms with Crippen LogP contribution in [0.15, 0.2) is 34.9 Å². The minimum absolute atomic E-state index is 0.00654. The third-order valence-corrected chi connectivity index (χ3v) is 3.31. The molecule has 1 aromatic heterocycles. The maximum atomic E-state index is 13.4.